The van der Waals surface area contributed by atoms with Gasteiger partial charge in [0.25, 0.3) is 0 Å². The number of aliphatic hydroxyl groups excluding tert-OH is 4. The fraction of sp³-hybridized carbons (Fsp3) is 0.964. The lowest BCUT2D eigenvalue weighted by Crippen LogP contribution is -2.55. The maximum absolute atomic E-state index is 13.0. The van der Waals surface area contributed by atoms with E-state index in [-0.39, 0.29) is 52.8 Å². The molecule has 0 aromatic rings. The summed E-state index contributed by atoms with van der Waals surface area (Å²) >= 11 is 0. The largest absolute Gasteiger partial charge is 0.465 e. The molecule has 0 amide bonds. The monoisotopic (exact) mass is 480 g/mol. The highest BCUT2D eigenvalue weighted by Gasteiger charge is 2.63. The Bertz CT molecular complexity index is 755. The van der Waals surface area contributed by atoms with Crippen LogP contribution >= 0.6 is 0 Å². The van der Waals surface area contributed by atoms with Crippen molar-refractivity contribution in [3.8, 4) is 0 Å². The first-order valence-electron chi connectivity index (χ1n) is 13.7. The van der Waals surface area contributed by atoms with Crippen LogP contribution in [0.3, 0.4) is 0 Å². The molecule has 3 saturated carbocycles. The van der Waals surface area contributed by atoms with Crippen LogP contribution in [0.1, 0.15) is 80.1 Å². The predicted octanol–water partition coefficient (Wildman–Crippen LogP) is 3.39. The zero-order chi connectivity index (χ0) is 25.2. The topological polar surface area (TPSA) is 107 Å². The number of rotatable bonds is 5. The lowest BCUT2D eigenvalue weighted by Gasteiger charge is -2.56. The molecule has 13 atom stereocenters. The minimum Gasteiger partial charge on any atom is -0.465 e. The van der Waals surface area contributed by atoms with E-state index in [1.54, 1.807) is 0 Å². The van der Waals surface area contributed by atoms with Crippen LogP contribution < -0.4 is 0 Å². The van der Waals surface area contributed by atoms with Gasteiger partial charge in [-0.15, -0.1) is 0 Å². The lowest BCUT2D eigenvalue weighted by molar-refractivity contribution is -0.162. The van der Waals surface area contributed by atoms with Gasteiger partial charge >= 0.3 is 5.97 Å². The number of ether oxygens (including phenoxy) is 1. The van der Waals surface area contributed by atoms with Gasteiger partial charge in [0, 0.05) is 0 Å². The van der Waals surface area contributed by atoms with E-state index in [9.17, 15) is 25.2 Å². The van der Waals surface area contributed by atoms with Gasteiger partial charge in [0.2, 0.25) is 0 Å². The molecule has 0 bridgehead atoms. The Morgan fingerprint density at radius 3 is 2.21 bits per heavy atom. The number of fused-ring (bicyclic) bond motifs is 5. The summed E-state index contributed by atoms with van der Waals surface area (Å²) in [5.41, 5.74) is -0.345. The zero-order valence-electron chi connectivity index (χ0n) is 22.0. The Morgan fingerprint density at radius 2 is 1.56 bits per heavy atom. The van der Waals surface area contributed by atoms with Crippen LogP contribution in [0.4, 0.5) is 0 Å². The Hall–Kier alpha value is -0.690. The van der Waals surface area contributed by atoms with E-state index >= 15 is 0 Å². The van der Waals surface area contributed by atoms with E-state index in [1.165, 1.54) is 0 Å². The van der Waals surface area contributed by atoms with Crippen LogP contribution in [0.25, 0.3) is 0 Å². The summed E-state index contributed by atoms with van der Waals surface area (Å²) < 4.78 is 5.86. The number of aliphatic hydroxyl groups is 4. The van der Waals surface area contributed by atoms with Crippen molar-refractivity contribution in [3.63, 3.8) is 0 Å². The molecular weight excluding hydrogens is 432 g/mol. The highest BCUT2D eigenvalue weighted by molar-refractivity contribution is 5.74. The van der Waals surface area contributed by atoms with Gasteiger partial charge in [-0.1, -0.05) is 41.5 Å². The summed E-state index contributed by atoms with van der Waals surface area (Å²) in [7, 11) is 0. The molecular formula is C28H48O6. The molecule has 6 heteroatoms. The number of cyclic esters (lactones) is 1. The van der Waals surface area contributed by atoms with Gasteiger partial charge in [-0.25, -0.2) is 0 Å². The third-order valence-corrected chi connectivity index (χ3v) is 11.5. The molecule has 4 rings (SSSR count). The number of esters is 1. The SMILES string of the molecule is CC(C)[C@H](C)[C@H](O)[C@H](O)[C@H](C)[C@@H]1CC[C@@H]2[C@@H]3COC(=O)[C@@H]4C[C@H](O)[C@H](O)C[C@]4(C)[C@@H]3CC[C@@]21C. The van der Waals surface area contributed by atoms with Gasteiger partial charge in [-0.2, -0.15) is 0 Å². The van der Waals surface area contributed by atoms with Crippen LogP contribution in [0.5, 0.6) is 0 Å². The molecule has 0 radical (unpaired) electrons. The van der Waals surface area contributed by atoms with Crippen LogP contribution in [-0.4, -0.2) is 57.4 Å². The van der Waals surface area contributed by atoms with Crippen LogP contribution in [0, 0.1) is 58.2 Å². The quantitative estimate of drug-likeness (QED) is 0.450. The highest BCUT2D eigenvalue weighted by Crippen LogP contribution is 2.66. The van der Waals surface area contributed by atoms with Crippen LogP contribution in [0.2, 0.25) is 0 Å². The van der Waals surface area contributed by atoms with Crippen molar-refractivity contribution in [2.45, 2.75) is 104 Å². The number of carbonyl (C=O) groups is 1. The minimum absolute atomic E-state index is 0.00827. The molecule has 1 saturated heterocycles. The van der Waals surface area contributed by atoms with Crippen molar-refractivity contribution >= 4 is 5.97 Å². The molecule has 0 aromatic heterocycles. The Kier molecular flexibility index (Phi) is 7.23. The van der Waals surface area contributed by atoms with Crippen molar-refractivity contribution in [1.82, 2.24) is 0 Å². The van der Waals surface area contributed by atoms with Gasteiger partial charge in [-0.05, 0) is 90.8 Å². The van der Waals surface area contributed by atoms with Crippen molar-refractivity contribution in [1.29, 1.82) is 0 Å². The smallest absolute Gasteiger partial charge is 0.309 e. The molecule has 0 spiro atoms. The molecule has 1 aliphatic heterocycles. The average molecular weight is 481 g/mol. The van der Waals surface area contributed by atoms with Gasteiger partial charge < -0.3 is 25.2 Å². The zero-order valence-corrected chi connectivity index (χ0v) is 22.0. The maximum Gasteiger partial charge on any atom is 0.309 e. The van der Waals surface area contributed by atoms with E-state index in [2.05, 4.69) is 34.6 Å². The predicted molar refractivity (Wildman–Crippen MR) is 130 cm³/mol. The molecule has 3 aliphatic carbocycles. The van der Waals surface area contributed by atoms with Crippen molar-refractivity contribution < 1.29 is 30.0 Å². The van der Waals surface area contributed by atoms with Gasteiger partial charge in [0.1, 0.15) is 0 Å². The second kappa shape index (κ2) is 9.32. The third kappa shape index (κ3) is 4.05. The molecule has 196 valence electrons. The van der Waals surface area contributed by atoms with E-state index < -0.39 is 24.4 Å². The van der Waals surface area contributed by atoms with Crippen molar-refractivity contribution in [3.05, 3.63) is 0 Å². The van der Waals surface area contributed by atoms with Crippen LogP contribution in [-0.2, 0) is 9.53 Å². The van der Waals surface area contributed by atoms with E-state index in [0.29, 0.717) is 30.8 Å². The van der Waals surface area contributed by atoms with Crippen molar-refractivity contribution in [2.75, 3.05) is 6.61 Å². The Morgan fingerprint density at radius 1 is 0.912 bits per heavy atom. The molecule has 4 aliphatic rings. The summed E-state index contributed by atoms with van der Waals surface area (Å²) in [6.07, 6.45) is 1.61. The van der Waals surface area contributed by atoms with E-state index in [0.717, 1.165) is 25.7 Å². The summed E-state index contributed by atoms with van der Waals surface area (Å²) in [4.78, 5) is 13.0. The molecule has 1 heterocycles. The second-order valence-corrected chi connectivity index (χ2v) is 13.3. The van der Waals surface area contributed by atoms with Gasteiger partial charge in [0.15, 0.2) is 0 Å². The van der Waals surface area contributed by atoms with Crippen molar-refractivity contribution in [2.24, 2.45) is 58.2 Å². The molecule has 0 unspecified atom stereocenters. The van der Waals surface area contributed by atoms with Gasteiger partial charge in [-0.3, -0.25) is 4.79 Å². The summed E-state index contributed by atoms with van der Waals surface area (Å²) in [6.45, 7) is 13.2. The first-order chi connectivity index (χ1) is 15.8. The molecule has 4 N–H and O–H groups in total. The fourth-order valence-corrected chi connectivity index (χ4v) is 8.95. The summed E-state index contributed by atoms with van der Waals surface area (Å²) in [5.74, 6) is 0.948. The second-order valence-electron chi connectivity index (χ2n) is 13.3. The highest BCUT2D eigenvalue weighted by atomic mass is 16.5. The Balaban J connectivity index is 1.58. The minimum atomic E-state index is -0.867. The molecule has 0 aromatic carbocycles. The summed E-state index contributed by atoms with van der Waals surface area (Å²) in [6, 6.07) is 0. The summed E-state index contributed by atoms with van der Waals surface area (Å²) in [5, 5.41) is 42.9. The maximum atomic E-state index is 13.0. The first kappa shape index (κ1) is 26.4. The van der Waals surface area contributed by atoms with Crippen LogP contribution in [0.15, 0.2) is 0 Å². The van der Waals surface area contributed by atoms with E-state index in [4.69, 9.17) is 4.74 Å². The molecule has 4 fully saturated rings. The van der Waals surface area contributed by atoms with Gasteiger partial charge in [0.05, 0.1) is 36.9 Å². The van der Waals surface area contributed by atoms with E-state index in [1.807, 2.05) is 6.92 Å². The first-order valence-corrected chi connectivity index (χ1v) is 13.7. The number of hydrogen-bond acceptors (Lipinski definition) is 6. The number of hydrogen-bond donors (Lipinski definition) is 4. The normalized spacial score (nSPS) is 48.1. The molecule has 34 heavy (non-hydrogen) atoms. The lowest BCUT2D eigenvalue weighted by atomic mass is 9.48. The standard InChI is InChI=1S/C28H48O6/c1-14(2)15(3)24(31)25(32)16(4)18-7-8-19-17-13-34-26(33)21-11-22(29)23(30)12-28(21,6)20(17)9-10-27(18,19)5/h14-25,29-32H,7-13H2,1-6H3/t15-,16+,17-,18-,19+,20+,21-,22-,23+,24-,25+,27+,28+/m0/s1. The fourth-order valence-electron chi connectivity index (χ4n) is 8.95. The Labute approximate surface area is 205 Å². The molecule has 6 nitrogen and oxygen atoms in total. The third-order valence-electron chi connectivity index (χ3n) is 11.5. The average Bonchev–Trinajstić information content (AvgIpc) is 3.09. The number of carbonyl (C=O) groups excluding carboxylic acids is 1.